The molecule has 2 aliphatic rings. The molecule has 2 aliphatic heterocycles. The molecule has 3 rings (SSSR count). The average Bonchev–Trinajstić information content (AvgIpc) is 2.96. The molecule has 0 radical (unpaired) electrons. The van der Waals surface area contributed by atoms with E-state index < -0.39 is 0 Å². The fourth-order valence-corrected chi connectivity index (χ4v) is 3.85. The molecule has 2 amide bonds. The number of hydrogen-bond acceptors (Lipinski definition) is 3. The Morgan fingerprint density at radius 1 is 1.29 bits per heavy atom. The van der Waals surface area contributed by atoms with E-state index in [4.69, 9.17) is 5.73 Å². The molecular formula is C19H27N3O2. The van der Waals surface area contributed by atoms with E-state index in [-0.39, 0.29) is 23.8 Å². The summed E-state index contributed by atoms with van der Waals surface area (Å²) in [6, 6.07) is 8.00. The van der Waals surface area contributed by atoms with Crippen molar-refractivity contribution in [2.45, 2.75) is 39.2 Å². The molecule has 0 bridgehead atoms. The van der Waals surface area contributed by atoms with Gasteiger partial charge in [-0.15, -0.1) is 0 Å². The molecule has 2 N–H and O–H groups in total. The number of piperidine rings is 1. The molecular weight excluding hydrogens is 302 g/mol. The summed E-state index contributed by atoms with van der Waals surface area (Å²) >= 11 is 0. The van der Waals surface area contributed by atoms with Crippen molar-refractivity contribution in [3.05, 3.63) is 29.8 Å². The molecule has 5 heteroatoms. The number of aryl methyl sites for hydroxylation is 1. The summed E-state index contributed by atoms with van der Waals surface area (Å²) in [5.74, 6) is 0.491. The number of likely N-dealkylation sites (tertiary alicyclic amines) is 1. The molecule has 0 saturated carbocycles. The number of hydrogen-bond donors (Lipinski definition) is 1. The van der Waals surface area contributed by atoms with Gasteiger partial charge in [-0.25, -0.2) is 0 Å². The Kier molecular flexibility index (Phi) is 4.90. The van der Waals surface area contributed by atoms with Crippen LogP contribution in [-0.4, -0.2) is 42.4 Å². The monoisotopic (exact) mass is 329 g/mol. The third kappa shape index (κ3) is 3.31. The Bertz CT molecular complexity index is 614. The highest BCUT2D eigenvalue weighted by atomic mass is 16.2. The Labute approximate surface area is 143 Å². The lowest BCUT2D eigenvalue weighted by molar-refractivity contribution is -0.139. The molecule has 3 unspecified atom stereocenters. The normalized spacial score (nSPS) is 27.6. The first kappa shape index (κ1) is 17.0. The van der Waals surface area contributed by atoms with Gasteiger partial charge in [0.2, 0.25) is 11.8 Å². The van der Waals surface area contributed by atoms with Crippen LogP contribution in [0, 0.1) is 18.8 Å². The van der Waals surface area contributed by atoms with Gasteiger partial charge in [0.25, 0.3) is 0 Å². The van der Waals surface area contributed by atoms with Crippen molar-refractivity contribution in [2.24, 2.45) is 17.6 Å². The minimum absolute atomic E-state index is 0.0341. The van der Waals surface area contributed by atoms with Crippen LogP contribution in [0.25, 0.3) is 0 Å². The number of rotatable bonds is 3. The number of nitrogens with two attached hydrogens (primary N) is 1. The van der Waals surface area contributed by atoms with Crippen molar-refractivity contribution >= 4 is 17.5 Å². The molecule has 2 saturated heterocycles. The highest BCUT2D eigenvalue weighted by molar-refractivity contribution is 6.00. The Hall–Kier alpha value is -1.88. The molecule has 0 aliphatic carbocycles. The van der Waals surface area contributed by atoms with Crippen LogP contribution in [0.15, 0.2) is 24.3 Å². The highest BCUT2D eigenvalue weighted by Crippen LogP contribution is 2.29. The van der Waals surface area contributed by atoms with Crippen LogP contribution in [0.5, 0.6) is 0 Å². The number of carbonyl (C=O) groups is 2. The molecule has 1 aromatic rings. The number of benzene rings is 1. The minimum Gasteiger partial charge on any atom is -0.338 e. The maximum atomic E-state index is 12.9. The van der Waals surface area contributed by atoms with E-state index in [1.807, 2.05) is 36.1 Å². The molecule has 3 atom stereocenters. The average molecular weight is 329 g/mol. The van der Waals surface area contributed by atoms with E-state index in [0.29, 0.717) is 25.4 Å². The summed E-state index contributed by atoms with van der Waals surface area (Å²) in [6.45, 7) is 5.97. The van der Waals surface area contributed by atoms with Crippen LogP contribution in [0.4, 0.5) is 5.69 Å². The first-order valence-corrected chi connectivity index (χ1v) is 8.87. The molecule has 1 aromatic carbocycles. The zero-order valence-corrected chi connectivity index (χ0v) is 14.6. The number of nitrogens with zero attached hydrogens (tertiary/aromatic N) is 2. The van der Waals surface area contributed by atoms with E-state index in [0.717, 1.165) is 30.6 Å². The molecule has 2 fully saturated rings. The molecule has 130 valence electrons. The van der Waals surface area contributed by atoms with E-state index in [2.05, 4.69) is 6.92 Å². The van der Waals surface area contributed by atoms with Gasteiger partial charge in [-0.2, -0.15) is 0 Å². The lowest BCUT2D eigenvalue weighted by Gasteiger charge is -2.39. The van der Waals surface area contributed by atoms with Gasteiger partial charge in [-0.05, 0) is 37.8 Å². The zero-order chi connectivity index (χ0) is 17.3. The molecule has 0 aromatic heterocycles. The maximum absolute atomic E-state index is 12.9. The predicted octanol–water partition coefficient (Wildman–Crippen LogP) is 1.93. The molecule has 2 heterocycles. The first-order valence-electron chi connectivity index (χ1n) is 8.87. The number of amides is 2. The fourth-order valence-electron chi connectivity index (χ4n) is 3.85. The van der Waals surface area contributed by atoms with Gasteiger partial charge in [-0.3, -0.25) is 9.59 Å². The summed E-state index contributed by atoms with van der Waals surface area (Å²) in [5.41, 5.74) is 7.92. The van der Waals surface area contributed by atoms with Crippen LogP contribution in [-0.2, 0) is 9.59 Å². The van der Waals surface area contributed by atoms with Crippen LogP contribution >= 0.6 is 0 Å². The van der Waals surface area contributed by atoms with Crippen LogP contribution in [0.1, 0.15) is 31.7 Å². The van der Waals surface area contributed by atoms with E-state index in [9.17, 15) is 9.59 Å². The second-order valence-corrected chi connectivity index (χ2v) is 7.29. The lowest BCUT2D eigenvalue weighted by atomic mass is 9.91. The van der Waals surface area contributed by atoms with Crippen molar-refractivity contribution in [2.75, 3.05) is 24.5 Å². The summed E-state index contributed by atoms with van der Waals surface area (Å²) < 4.78 is 0. The molecule has 0 spiro atoms. The number of carbonyl (C=O) groups excluding carboxylic acids is 2. The largest absolute Gasteiger partial charge is 0.338 e. The van der Waals surface area contributed by atoms with Gasteiger partial charge >= 0.3 is 0 Å². The highest BCUT2D eigenvalue weighted by Gasteiger charge is 2.39. The van der Waals surface area contributed by atoms with Crippen LogP contribution < -0.4 is 10.6 Å². The Morgan fingerprint density at radius 2 is 2.00 bits per heavy atom. The van der Waals surface area contributed by atoms with Gasteiger partial charge in [0.15, 0.2) is 0 Å². The van der Waals surface area contributed by atoms with Crippen molar-refractivity contribution in [3.8, 4) is 0 Å². The Morgan fingerprint density at radius 3 is 2.67 bits per heavy atom. The maximum Gasteiger partial charge on any atom is 0.228 e. The number of anilines is 1. The SMILES string of the molecule is Cc1ccc(N2CC(C(=O)N3CCC(C)CC3CN)CC2=O)cc1. The summed E-state index contributed by atoms with van der Waals surface area (Å²) in [5, 5.41) is 0. The molecule has 5 nitrogen and oxygen atoms in total. The van der Waals surface area contributed by atoms with Crippen molar-refractivity contribution in [1.29, 1.82) is 0 Å². The lowest BCUT2D eigenvalue weighted by Crippen LogP contribution is -2.51. The predicted molar refractivity (Wildman–Crippen MR) is 94.6 cm³/mol. The van der Waals surface area contributed by atoms with Gasteiger partial charge < -0.3 is 15.5 Å². The fraction of sp³-hybridized carbons (Fsp3) is 0.579. The van der Waals surface area contributed by atoms with E-state index in [1.54, 1.807) is 4.90 Å². The van der Waals surface area contributed by atoms with E-state index >= 15 is 0 Å². The van der Waals surface area contributed by atoms with Gasteiger partial charge in [0, 0.05) is 37.8 Å². The van der Waals surface area contributed by atoms with E-state index in [1.165, 1.54) is 0 Å². The standard InChI is InChI=1S/C19H27N3O2/c1-13-3-5-16(6-4-13)22-12-15(10-18(22)23)19(24)21-8-7-14(2)9-17(21)11-20/h3-6,14-15,17H,7-12,20H2,1-2H3. The third-order valence-corrected chi connectivity index (χ3v) is 5.35. The summed E-state index contributed by atoms with van der Waals surface area (Å²) in [4.78, 5) is 29.0. The second-order valence-electron chi connectivity index (χ2n) is 7.29. The Balaban J connectivity index is 1.70. The van der Waals surface area contributed by atoms with Crippen LogP contribution in [0.2, 0.25) is 0 Å². The summed E-state index contributed by atoms with van der Waals surface area (Å²) in [6.07, 6.45) is 2.28. The van der Waals surface area contributed by atoms with Crippen molar-refractivity contribution in [3.63, 3.8) is 0 Å². The van der Waals surface area contributed by atoms with Crippen molar-refractivity contribution in [1.82, 2.24) is 4.90 Å². The smallest absolute Gasteiger partial charge is 0.228 e. The summed E-state index contributed by atoms with van der Waals surface area (Å²) in [7, 11) is 0. The topological polar surface area (TPSA) is 66.6 Å². The first-order chi connectivity index (χ1) is 11.5. The van der Waals surface area contributed by atoms with Gasteiger partial charge in [0.1, 0.15) is 0 Å². The van der Waals surface area contributed by atoms with Crippen molar-refractivity contribution < 1.29 is 9.59 Å². The van der Waals surface area contributed by atoms with Gasteiger partial charge in [-0.1, -0.05) is 24.6 Å². The quantitative estimate of drug-likeness (QED) is 0.921. The minimum atomic E-state index is -0.249. The zero-order valence-electron chi connectivity index (χ0n) is 14.6. The second kappa shape index (κ2) is 6.93. The van der Waals surface area contributed by atoms with Gasteiger partial charge in [0.05, 0.1) is 5.92 Å². The third-order valence-electron chi connectivity index (χ3n) is 5.35. The molecule has 24 heavy (non-hydrogen) atoms. The van der Waals surface area contributed by atoms with Crippen LogP contribution in [0.3, 0.4) is 0 Å².